The Morgan fingerprint density at radius 2 is 1.80 bits per heavy atom. The van der Waals surface area contributed by atoms with Crippen molar-refractivity contribution >= 4 is 28.9 Å². The maximum absolute atomic E-state index is 13.1. The van der Waals surface area contributed by atoms with Gasteiger partial charge in [0.25, 0.3) is 0 Å². The van der Waals surface area contributed by atoms with E-state index in [4.69, 9.17) is 0 Å². The number of rotatable bonds is 5. The van der Waals surface area contributed by atoms with Crippen molar-refractivity contribution in [2.45, 2.75) is 11.2 Å². The first-order valence-electron chi connectivity index (χ1n) is 8.90. The van der Waals surface area contributed by atoms with Crippen LogP contribution in [0.3, 0.4) is 0 Å². The number of benzene rings is 2. The van der Waals surface area contributed by atoms with E-state index in [1.165, 1.54) is 18.2 Å². The van der Waals surface area contributed by atoms with Crippen LogP contribution in [0.5, 0.6) is 0 Å². The molecule has 9 heteroatoms. The molecule has 5 nitrogen and oxygen atoms in total. The summed E-state index contributed by atoms with van der Waals surface area (Å²) >= 11 is 1.13. The van der Waals surface area contributed by atoms with Gasteiger partial charge in [0.15, 0.2) is 0 Å². The van der Waals surface area contributed by atoms with Crippen molar-refractivity contribution in [2.75, 3.05) is 11.1 Å². The van der Waals surface area contributed by atoms with Gasteiger partial charge in [-0.15, -0.1) is 0 Å². The molecule has 0 spiro atoms. The Morgan fingerprint density at radius 3 is 2.57 bits per heavy atom. The molecule has 2 heterocycles. The Balaban J connectivity index is 1.50. The van der Waals surface area contributed by atoms with E-state index >= 15 is 0 Å². The number of amides is 1. The van der Waals surface area contributed by atoms with E-state index in [0.717, 1.165) is 29.1 Å². The number of thioether (sulfide) groups is 1. The zero-order valence-electron chi connectivity index (χ0n) is 15.4. The molecule has 0 bridgehead atoms. The van der Waals surface area contributed by atoms with E-state index in [9.17, 15) is 18.0 Å². The van der Waals surface area contributed by atoms with Crippen molar-refractivity contribution in [2.24, 2.45) is 0 Å². The normalized spacial score (nSPS) is 11.6. The lowest BCUT2D eigenvalue weighted by molar-refractivity contribution is -0.137. The zero-order valence-corrected chi connectivity index (χ0v) is 16.2. The Kier molecular flexibility index (Phi) is 5.45. The number of carbonyl (C=O) groups is 1. The molecule has 0 saturated heterocycles. The van der Waals surface area contributed by atoms with Crippen LogP contribution in [0.2, 0.25) is 0 Å². The zero-order chi connectivity index (χ0) is 21.1. The summed E-state index contributed by atoms with van der Waals surface area (Å²) in [5, 5.41) is 7.41. The van der Waals surface area contributed by atoms with Crippen molar-refractivity contribution < 1.29 is 18.0 Å². The molecule has 2 aromatic carbocycles. The van der Waals surface area contributed by atoms with Gasteiger partial charge in [-0.1, -0.05) is 54.2 Å². The minimum Gasteiger partial charge on any atom is -0.325 e. The van der Waals surface area contributed by atoms with E-state index in [2.05, 4.69) is 15.4 Å². The number of alkyl halides is 3. The molecule has 0 radical (unpaired) electrons. The molecule has 0 fully saturated rings. The van der Waals surface area contributed by atoms with Crippen LogP contribution in [-0.2, 0) is 11.0 Å². The van der Waals surface area contributed by atoms with Gasteiger partial charge in [-0.25, -0.2) is 9.50 Å². The third kappa shape index (κ3) is 4.30. The number of hydrogen-bond acceptors (Lipinski definition) is 4. The smallest absolute Gasteiger partial charge is 0.325 e. The number of para-hydroxylation sites is 1. The van der Waals surface area contributed by atoms with Crippen LogP contribution in [0.15, 0.2) is 78.1 Å². The summed E-state index contributed by atoms with van der Waals surface area (Å²) in [6, 6.07) is 16.4. The lowest BCUT2D eigenvalue weighted by Crippen LogP contribution is -2.18. The van der Waals surface area contributed by atoms with Gasteiger partial charge in [0.2, 0.25) is 5.91 Å². The number of nitrogens with one attached hydrogen (secondary N) is 1. The van der Waals surface area contributed by atoms with Gasteiger partial charge in [0.1, 0.15) is 5.03 Å². The van der Waals surface area contributed by atoms with Gasteiger partial charge in [0.05, 0.1) is 28.2 Å². The Bertz CT molecular complexity index is 1190. The quantitative estimate of drug-likeness (QED) is 0.447. The third-order valence-electron chi connectivity index (χ3n) is 4.27. The lowest BCUT2D eigenvalue weighted by Gasteiger charge is -2.13. The number of anilines is 1. The topological polar surface area (TPSA) is 59.3 Å². The molecule has 0 saturated carbocycles. The highest BCUT2D eigenvalue weighted by molar-refractivity contribution is 8.00. The van der Waals surface area contributed by atoms with Crippen LogP contribution in [0.4, 0.5) is 18.9 Å². The fourth-order valence-corrected chi connectivity index (χ4v) is 3.69. The molecular formula is C21H15F3N4OS. The molecule has 0 aliphatic rings. The average Bonchev–Trinajstić information content (AvgIpc) is 3.17. The first kappa shape index (κ1) is 20.0. The van der Waals surface area contributed by atoms with Crippen LogP contribution in [-0.4, -0.2) is 26.3 Å². The van der Waals surface area contributed by atoms with Crippen LogP contribution in [0, 0.1) is 0 Å². The van der Waals surface area contributed by atoms with Crippen LogP contribution >= 0.6 is 11.8 Å². The highest BCUT2D eigenvalue weighted by Gasteiger charge is 2.33. The number of fused-ring (bicyclic) bond motifs is 1. The largest absolute Gasteiger partial charge is 0.418 e. The standard InChI is InChI=1S/C21H15F3N4OS/c22-21(23,24)15-8-4-5-9-16(15)26-19(29)13-30-20-18-12-17(14-6-2-1-3-7-14)27-28(18)11-10-25-20/h1-12H,13H2,(H,26,29). The van der Waals surface area contributed by atoms with Crippen molar-refractivity contribution in [1.82, 2.24) is 14.6 Å². The minimum atomic E-state index is -4.55. The van der Waals surface area contributed by atoms with Crippen molar-refractivity contribution in [3.8, 4) is 11.3 Å². The molecule has 0 aliphatic heterocycles. The summed E-state index contributed by atoms with van der Waals surface area (Å²) in [6.07, 6.45) is -1.28. The van der Waals surface area contributed by atoms with Gasteiger partial charge < -0.3 is 5.32 Å². The number of aromatic nitrogens is 3. The third-order valence-corrected chi connectivity index (χ3v) is 5.27. The Labute approximate surface area is 173 Å². The number of carbonyl (C=O) groups excluding carboxylic acids is 1. The molecule has 2 aromatic heterocycles. The maximum atomic E-state index is 13.1. The summed E-state index contributed by atoms with van der Waals surface area (Å²) in [5.74, 6) is -0.645. The van der Waals surface area contributed by atoms with E-state index in [-0.39, 0.29) is 11.4 Å². The predicted octanol–water partition coefficient (Wildman–Crippen LogP) is 5.15. The first-order chi connectivity index (χ1) is 14.4. The predicted molar refractivity (Wildman–Crippen MR) is 109 cm³/mol. The summed E-state index contributed by atoms with van der Waals surface area (Å²) in [6.45, 7) is 0. The van der Waals surface area contributed by atoms with Crippen LogP contribution in [0.1, 0.15) is 5.56 Å². The SMILES string of the molecule is O=C(CSc1nccn2nc(-c3ccccc3)cc12)Nc1ccccc1C(F)(F)F. The molecule has 0 unspecified atom stereocenters. The minimum absolute atomic E-state index is 0.0925. The van der Waals surface area contributed by atoms with Crippen molar-refractivity contribution in [1.29, 1.82) is 0 Å². The average molecular weight is 428 g/mol. The number of halogens is 3. The van der Waals surface area contributed by atoms with Crippen molar-refractivity contribution in [3.05, 3.63) is 78.6 Å². The van der Waals surface area contributed by atoms with Gasteiger partial charge in [-0.05, 0) is 18.2 Å². The molecule has 152 valence electrons. The summed E-state index contributed by atoms with van der Waals surface area (Å²) in [4.78, 5) is 16.6. The van der Waals surface area contributed by atoms with E-state index in [1.807, 2.05) is 36.4 Å². The van der Waals surface area contributed by atoms with E-state index in [1.54, 1.807) is 16.9 Å². The highest BCUT2D eigenvalue weighted by atomic mass is 32.2. The second-order valence-electron chi connectivity index (χ2n) is 6.34. The van der Waals surface area contributed by atoms with Crippen LogP contribution < -0.4 is 5.32 Å². The molecule has 4 rings (SSSR count). The second kappa shape index (κ2) is 8.19. The van der Waals surface area contributed by atoms with Gasteiger partial charge in [0, 0.05) is 18.0 Å². The molecule has 30 heavy (non-hydrogen) atoms. The highest BCUT2D eigenvalue weighted by Crippen LogP contribution is 2.34. The van der Waals surface area contributed by atoms with Gasteiger partial charge in [-0.2, -0.15) is 18.3 Å². The fraction of sp³-hybridized carbons (Fsp3) is 0.0952. The van der Waals surface area contributed by atoms with Gasteiger partial charge in [-0.3, -0.25) is 4.79 Å². The molecule has 1 N–H and O–H groups in total. The molecular weight excluding hydrogens is 413 g/mol. The lowest BCUT2D eigenvalue weighted by atomic mass is 10.1. The summed E-state index contributed by atoms with van der Waals surface area (Å²) in [5.41, 5.74) is 1.27. The molecule has 0 atom stereocenters. The number of hydrogen-bond donors (Lipinski definition) is 1. The van der Waals surface area contributed by atoms with Gasteiger partial charge >= 0.3 is 6.18 Å². The van der Waals surface area contributed by atoms with E-state index in [0.29, 0.717) is 10.5 Å². The fourth-order valence-electron chi connectivity index (χ4n) is 2.92. The number of nitrogens with zero attached hydrogens (tertiary/aromatic N) is 3. The second-order valence-corrected chi connectivity index (χ2v) is 7.30. The molecule has 4 aromatic rings. The molecule has 1 amide bonds. The first-order valence-corrected chi connectivity index (χ1v) is 9.89. The molecule has 0 aliphatic carbocycles. The Morgan fingerprint density at radius 1 is 1.07 bits per heavy atom. The Hall–Kier alpha value is -3.33. The summed E-state index contributed by atoms with van der Waals surface area (Å²) in [7, 11) is 0. The van der Waals surface area contributed by atoms with E-state index < -0.39 is 17.6 Å². The summed E-state index contributed by atoms with van der Waals surface area (Å²) < 4.78 is 40.9. The monoisotopic (exact) mass is 428 g/mol. The maximum Gasteiger partial charge on any atom is 0.418 e. The van der Waals surface area contributed by atoms with Crippen LogP contribution in [0.25, 0.3) is 16.8 Å². The van der Waals surface area contributed by atoms with Crippen molar-refractivity contribution in [3.63, 3.8) is 0 Å².